The zero-order valence-corrected chi connectivity index (χ0v) is 11.5. The van der Waals surface area contributed by atoms with Gasteiger partial charge in [0, 0.05) is 30.2 Å². The molecule has 1 atom stereocenters. The van der Waals surface area contributed by atoms with Crippen molar-refractivity contribution in [1.82, 2.24) is 14.9 Å². The van der Waals surface area contributed by atoms with Gasteiger partial charge in [0.15, 0.2) is 0 Å². The lowest BCUT2D eigenvalue weighted by Crippen LogP contribution is -2.26. The van der Waals surface area contributed by atoms with Crippen molar-refractivity contribution in [3.63, 3.8) is 0 Å². The monoisotopic (exact) mass is 273 g/mol. The zero-order valence-electron chi connectivity index (χ0n) is 11.5. The molecule has 0 saturated heterocycles. The summed E-state index contributed by atoms with van der Waals surface area (Å²) in [5.74, 6) is -0.120. The summed E-state index contributed by atoms with van der Waals surface area (Å²) in [4.78, 5) is 15.9. The molecule has 0 bridgehead atoms. The Bertz CT molecular complexity index is 535. The van der Waals surface area contributed by atoms with E-state index >= 15 is 0 Å². The Balaban J connectivity index is 1.91. The Morgan fingerprint density at radius 3 is 2.75 bits per heavy atom. The van der Waals surface area contributed by atoms with E-state index < -0.39 is 0 Å². The number of nitrogens with zero attached hydrogens (tertiary/aromatic N) is 2. The van der Waals surface area contributed by atoms with Crippen LogP contribution in [0.25, 0.3) is 5.69 Å². The van der Waals surface area contributed by atoms with Gasteiger partial charge in [0.05, 0.1) is 12.4 Å². The van der Waals surface area contributed by atoms with Crippen molar-refractivity contribution in [2.45, 2.75) is 25.9 Å². The molecule has 2 rings (SSSR count). The minimum Gasteiger partial charge on any atom is -0.393 e. The summed E-state index contributed by atoms with van der Waals surface area (Å²) in [6.45, 7) is 2.40. The van der Waals surface area contributed by atoms with Gasteiger partial charge in [-0.3, -0.25) is 4.79 Å². The fourth-order valence-corrected chi connectivity index (χ4v) is 1.86. The number of amides is 1. The van der Waals surface area contributed by atoms with Gasteiger partial charge in [-0.15, -0.1) is 0 Å². The molecule has 5 heteroatoms. The standard InChI is InChI=1S/C15H19N3O2/c1-2-14(19)7-8-17-15(20)12-3-5-13(6-4-12)18-10-9-16-11-18/h3-6,9-11,14,19H,2,7-8H2,1H3,(H,17,20). The van der Waals surface area contributed by atoms with Crippen molar-refractivity contribution in [1.29, 1.82) is 0 Å². The highest BCUT2D eigenvalue weighted by Crippen LogP contribution is 2.09. The van der Waals surface area contributed by atoms with Gasteiger partial charge in [-0.05, 0) is 37.1 Å². The van der Waals surface area contributed by atoms with Crippen LogP contribution in [-0.2, 0) is 0 Å². The van der Waals surface area contributed by atoms with E-state index in [0.29, 0.717) is 24.9 Å². The first kappa shape index (κ1) is 14.3. The zero-order chi connectivity index (χ0) is 14.4. The highest BCUT2D eigenvalue weighted by atomic mass is 16.3. The maximum Gasteiger partial charge on any atom is 0.251 e. The first-order valence-electron chi connectivity index (χ1n) is 6.75. The van der Waals surface area contributed by atoms with Crippen LogP contribution in [-0.4, -0.2) is 33.2 Å². The largest absolute Gasteiger partial charge is 0.393 e. The second kappa shape index (κ2) is 6.86. The van der Waals surface area contributed by atoms with Gasteiger partial charge in [-0.25, -0.2) is 4.98 Å². The van der Waals surface area contributed by atoms with E-state index in [2.05, 4.69) is 10.3 Å². The molecule has 1 amide bonds. The Morgan fingerprint density at radius 2 is 2.15 bits per heavy atom. The van der Waals surface area contributed by atoms with Crippen LogP contribution in [0.15, 0.2) is 43.0 Å². The molecule has 106 valence electrons. The number of aliphatic hydroxyl groups excluding tert-OH is 1. The molecule has 2 aromatic rings. The molecule has 1 heterocycles. The summed E-state index contributed by atoms with van der Waals surface area (Å²) < 4.78 is 1.87. The molecule has 0 saturated carbocycles. The summed E-state index contributed by atoms with van der Waals surface area (Å²) >= 11 is 0. The van der Waals surface area contributed by atoms with Crippen LogP contribution in [0.4, 0.5) is 0 Å². The van der Waals surface area contributed by atoms with E-state index in [1.54, 1.807) is 24.7 Å². The summed E-state index contributed by atoms with van der Waals surface area (Å²) in [6.07, 6.45) is 6.20. The van der Waals surface area contributed by atoms with Crippen LogP contribution in [0.2, 0.25) is 0 Å². The minimum absolute atomic E-state index is 0.120. The van der Waals surface area contributed by atoms with Gasteiger partial charge in [-0.1, -0.05) is 6.92 Å². The Kier molecular flexibility index (Phi) is 4.90. The number of hydrogen-bond acceptors (Lipinski definition) is 3. The number of nitrogens with one attached hydrogen (secondary N) is 1. The van der Waals surface area contributed by atoms with Crippen molar-refractivity contribution < 1.29 is 9.90 Å². The smallest absolute Gasteiger partial charge is 0.251 e. The second-order valence-corrected chi connectivity index (χ2v) is 4.62. The van der Waals surface area contributed by atoms with Crippen LogP contribution in [0.5, 0.6) is 0 Å². The average Bonchev–Trinajstić information content (AvgIpc) is 3.01. The fraction of sp³-hybridized carbons (Fsp3) is 0.333. The molecule has 0 aliphatic carbocycles. The maximum atomic E-state index is 11.9. The topological polar surface area (TPSA) is 67.2 Å². The second-order valence-electron chi connectivity index (χ2n) is 4.62. The highest BCUT2D eigenvalue weighted by Gasteiger charge is 2.06. The number of aliphatic hydroxyl groups is 1. The van der Waals surface area contributed by atoms with Gasteiger partial charge in [0.2, 0.25) is 0 Å². The minimum atomic E-state index is -0.348. The summed E-state index contributed by atoms with van der Waals surface area (Å²) in [5, 5.41) is 12.2. The van der Waals surface area contributed by atoms with Gasteiger partial charge < -0.3 is 15.0 Å². The van der Waals surface area contributed by atoms with Crippen molar-refractivity contribution in [2.75, 3.05) is 6.54 Å². The third-order valence-electron chi connectivity index (χ3n) is 3.17. The lowest BCUT2D eigenvalue weighted by molar-refractivity contribution is 0.0942. The van der Waals surface area contributed by atoms with E-state index in [1.807, 2.05) is 29.8 Å². The van der Waals surface area contributed by atoms with Gasteiger partial charge in [-0.2, -0.15) is 0 Å². The van der Waals surface area contributed by atoms with Crippen molar-refractivity contribution >= 4 is 5.91 Å². The third kappa shape index (κ3) is 3.68. The Labute approximate surface area is 118 Å². The van der Waals surface area contributed by atoms with Crippen LogP contribution >= 0.6 is 0 Å². The van der Waals surface area contributed by atoms with E-state index in [-0.39, 0.29) is 12.0 Å². The fourth-order valence-electron chi connectivity index (χ4n) is 1.86. The SMILES string of the molecule is CCC(O)CCNC(=O)c1ccc(-n2ccnc2)cc1. The first-order chi connectivity index (χ1) is 9.70. The average molecular weight is 273 g/mol. The summed E-state index contributed by atoms with van der Waals surface area (Å²) in [5.41, 5.74) is 1.57. The maximum absolute atomic E-state index is 11.9. The molecular formula is C15H19N3O2. The number of hydrogen-bond donors (Lipinski definition) is 2. The van der Waals surface area contributed by atoms with Crippen LogP contribution in [0, 0.1) is 0 Å². The van der Waals surface area contributed by atoms with Crippen LogP contribution in [0.3, 0.4) is 0 Å². The summed E-state index contributed by atoms with van der Waals surface area (Å²) in [6, 6.07) is 7.30. The lowest BCUT2D eigenvalue weighted by Gasteiger charge is -2.09. The number of benzene rings is 1. The van der Waals surface area contributed by atoms with Crippen LogP contribution in [0.1, 0.15) is 30.1 Å². The molecule has 2 N–H and O–H groups in total. The number of carbonyl (C=O) groups is 1. The van der Waals surface area contributed by atoms with E-state index in [4.69, 9.17) is 0 Å². The molecule has 5 nitrogen and oxygen atoms in total. The van der Waals surface area contributed by atoms with Crippen LogP contribution < -0.4 is 5.32 Å². The molecule has 1 aromatic carbocycles. The predicted molar refractivity (Wildman–Crippen MR) is 76.8 cm³/mol. The lowest BCUT2D eigenvalue weighted by atomic mass is 10.1. The van der Waals surface area contributed by atoms with Crippen molar-refractivity contribution in [2.24, 2.45) is 0 Å². The van der Waals surface area contributed by atoms with E-state index in [9.17, 15) is 9.90 Å². The van der Waals surface area contributed by atoms with Gasteiger partial charge in [0.25, 0.3) is 5.91 Å². The molecule has 1 aromatic heterocycles. The first-order valence-corrected chi connectivity index (χ1v) is 6.75. The predicted octanol–water partition coefficient (Wildman–Crippen LogP) is 1.76. The molecular weight excluding hydrogens is 254 g/mol. The molecule has 0 spiro atoms. The quantitative estimate of drug-likeness (QED) is 0.842. The van der Waals surface area contributed by atoms with Gasteiger partial charge in [0.1, 0.15) is 0 Å². The molecule has 0 radical (unpaired) electrons. The molecule has 0 aliphatic rings. The Hall–Kier alpha value is -2.14. The van der Waals surface area contributed by atoms with Crippen molar-refractivity contribution in [3.8, 4) is 5.69 Å². The molecule has 0 fully saturated rings. The number of imidazole rings is 1. The number of aromatic nitrogens is 2. The molecule has 0 aliphatic heterocycles. The summed E-state index contributed by atoms with van der Waals surface area (Å²) in [7, 11) is 0. The van der Waals surface area contributed by atoms with E-state index in [0.717, 1.165) is 5.69 Å². The number of rotatable bonds is 6. The third-order valence-corrected chi connectivity index (χ3v) is 3.17. The normalized spacial score (nSPS) is 12.1. The van der Waals surface area contributed by atoms with Crippen molar-refractivity contribution in [3.05, 3.63) is 48.5 Å². The molecule has 1 unspecified atom stereocenters. The van der Waals surface area contributed by atoms with E-state index in [1.165, 1.54) is 0 Å². The number of carbonyl (C=O) groups excluding carboxylic acids is 1. The Morgan fingerprint density at radius 1 is 1.40 bits per heavy atom. The molecule has 20 heavy (non-hydrogen) atoms. The highest BCUT2D eigenvalue weighted by molar-refractivity contribution is 5.94. The van der Waals surface area contributed by atoms with Gasteiger partial charge >= 0.3 is 0 Å².